The number of fused-ring (bicyclic) bond motifs is 5. The van der Waals surface area contributed by atoms with Crippen LogP contribution in [0.4, 0.5) is 10.2 Å². The van der Waals surface area contributed by atoms with Gasteiger partial charge in [0, 0.05) is 54.7 Å². The number of hydrogen-bond donors (Lipinski definition) is 2. The monoisotopic (exact) mass is 564 g/mol. The predicted octanol–water partition coefficient (Wildman–Crippen LogP) is 4.43. The van der Waals surface area contributed by atoms with Crippen molar-refractivity contribution in [1.82, 2.24) is 25.2 Å². The number of pyridine rings is 1. The summed E-state index contributed by atoms with van der Waals surface area (Å²) < 4.78 is 20.8. The molecule has 8 nitrogen and oxygen atoms in total. The fourth-order valence-electron chi connectivity index (χ4n) is 7.78. The molecule has 3 unspecified atom stereocenters. The highest BCUT2D eigenvalue weighted by Crippen LogP contribution is 2.41. The number of halogens is 1. The van der Waals surface area contributed by atoms with E-state index in [1.54, 1.807) is 12.1 Å². The lowest BCUT2D eigenvalue weighted by Crippen LogP contribution is -2.51. The quantitative estimate of drug-likeness (QED) is 0.345. The summed E-state index contributed by atoms with van der Waals surface area (Å²) >= 11 is 0. The number of terminal acetylenes is 1. The van der Waals surface area contributed by atoms with Crippen LogP contribution in [0.25, 0.3) is 33.1 Å². The molecule has 2 aromatic heterocycles. The topological polar surface area (TPSA) is 86.6 Å². The molecule has 4 fully saturated rings. The number of aromatic nitrogens is 3. The van der Waals surface area contributed by atoms with Gasteiger partial charge in [0.15, 0.2) is 5.65 Å². The lowest BCUT2D eigenvalue weighted by atomic mass is 9.95. The first-order chi connectivity index (χ1) is 20.5. The molecule has 4 aromatic rings. The summed E-state index contributed by atoms with van der Waals surface area (Å²) in [5, 5.41) is 16.8. The van der Waals surface area contributed by atoms with E-state index < -0.39 is 6.17 Å². The van der Waals surface area contributed by atoms with Crippen molar-refractivity contribution >= 4 is 27.6 Å². The average Bonchev–Trinajstić information content (AvgIpc) is 3.64. The van der Waals surface area contributed by atoms with E-state index in [9.17, 15) is 9.50 Å². The van der Waals surface area contributed by atoms with E-state index in [2.05, 4.69) is 21.0 Å². The molecule has 2 bridgehead atoms. The van der Waals surface area contributed by atoms with Gasteiger partial charge in [-0.1, -0.05) is 18.1 Å². The second kappa shape index (κ2) is 9.79. The zero-order valence-corrected chi connectivity index (χ0v) is 23.4. The molecule has 4 saturated heterocycles. The van der Waals surface area contributed by atoms with Gasteiger partial charge in [-0.3, -0.25) is 4.90 Å². The van der Waals surface area contributed by atoms with Crippen LogP contribution in [-0.4, -0.2) is 81.5 Å². The summed E-state index contributed by atoms with van der Waals surface area (Å²) in [6.45, 7) is 3.44. The Morgan fingerprint density at radius 1 is 1.10 bits per heavy atom. The highest BCUT2D eigenvalue weighted by Gasteiger charge is 2.49. The molecule has 8 rings (SSSR count). The maximum Gasteiger partial charge on any atom is 0.320 e. The molecule has 4 aliphatic heterocycles. The molecular weight excluding hydrogens is 531 g/mol. The summed E-state index contributed by atoms with van der Waals surface area (Å²) in [6.07, 6.45) is 9.79. The lowest BCUT2D eigenvalue weighted by Gasteiger charge is -2.34. The first kappa shape index (κ1) is 25.7. The number of piperazine rings is 1. The van der Waals surface area contributed by atoms with Crippen molar-refractivity contribution in [2.45, 2.75) is 55.9 Å². The second-order valence-electron chi connectivity index (χ2n) is 12.3. The largest absolute Gasteiger partial charge is 0.508 e. The fraction of sp³-hybridized carbons (Fsp3) is 0.424. The first-order valence-corrected chi connectivity index (χ1v) is 14.9. The predicted molar refractivity (Wildman–Crippen MR) is 161 cm³/mol. The molecule has 4 aliphatic rings. The van der Waals surface area contributed by atoms with Crippen molar-refractivity contribution in [2.24, 2.45) is 0 Å². The first-order valence-electron chi connectivity index (χ1n) is 14.9. The molecule has 9 heteroatoms. The Kier molecular flexibility index (Phi) is 5.99. The molecule has 2 aromatic carbocycles. The number of hydrogen-bond acceptors (Lipinski definition) is 8. The molecule has 0 aliphatic carbocycles. The van der Waals surface area contributed by atoms with Gasteiger partial charge in [-0.05, 0) is 67.9 Å². The van der Waals surface area contributed by atoms with E-state index in [1.807, 2.05) is 30.3 Å². The summed E-state index contributed by atoms with van der Waals surface area (Å²) in [7, 11) is 0. The number of anilines is 1. The van der Waals surface area contributed by atoms with E-state index in [0.29, 0.717) is 43.0 Å². The van der Waals surface area contributed by atoms with Crippen molar-refractivity contribution in [1.29, 1.82) is 0 Å². The van der Waals surface area contributed by atoms with Gasteiger partial charge in [0.2, 0.25) is 0 Å². The number of benzene rings is 2. The van der Waals surface area contributed by atoms with Crippen molar-refractivity contribution in [3.63, 3.8) is 0 Å². The summed E-state index contributed by atoms with van der Waals surface area (Å²) in [5.74, 6) is 3.73. The van der Waals surface area contributed by atoms with E-state index in [0.717, 1.165) is 78.4 Å². The van der Waals surface area contributed by atoms with Gasteiger partial charge < -0.3 is 20.1 Å². The maximum absolute atomic E-state index is 14.4. The third-order valence-electron chi connectivity index (χ3n) is 9.66. The highest BCUT2D eigenvalue weighted by atomic mass is 19.1. The Hall–Kier alpha value is -4.00. The minimum absolute atomic E-state index is 0.139. The Morgan fingerprint density at radius 3 is 2.79 bits per heavy atom. The van der Waals surface area contributed by atoms with Gasteiger partial charge in [0.1, 0.15) is 24.3 Å². The minimum Gasteiger partial charge on any atom is -0.508 e. The van der Waals surface area contributed by atoms with Gasteiger partial charge >= 0.3 is 6.01 Å². The third-order valence-corrected chi connectivity index (χ3v) is 9.66. The van der Waals surface area contributed by atoms with Crippen LogP contribution in [0.3, 0.4) is 0 Å². The smallest absolute Gasteiger partial charge is 0.320 e. The van der Waals surface area contributed by atoms with Crippen molar-refractivity contribution in [3.05, 3.63) is 48.0 Å². The van der Waals surface area contributed by atoms with Crippen LogP contribution < -0.4 is 15.0 Å². The van der Waals surface area contributed by atoms with Gasteiger partial charge in [0.05, 0.1) is 16.6 Å². The molecule has 42 heavy (non-hydrogen) atoms. The van der Waals surface area contributed by atoms with Gasteiger partial charge in [-0.25, -0.2) is 9.37 Å². The summed E-state index contributed by atoms with van der Waals surface area (Å²) in [4.78, 5) is 19.3. The molecule has 0 amide bonds. The number of aromatic hydroxyl groups is 1. The Bertz CT molecular complexity index is 1740. The van der Waals surface area contributed by atoms with Crippen molar-refractivity contribution in [3.8, 4) is 35.4 Å². The standard InChI is InChI=1S/C33H33FN6O2/c1-2-20-5-3-6-21-13-25(41)14-27(29(20)21)28-10-9-26-30(36-28)37-32(38-31(26)39-17-23-7-8-24(18-39)35-23)42-19-33-11-4-12-40(33)16-22(34)15-33/h1,3,5-6,9-10,13-14,22-24,35,41H,4,7-8,11-12,15-19H2/t22-,23?,24?,33?/m1/s1. The molecule has 4 atom stereocenters. The van der Waals surface area contributed by atoms with Crippen LogP contribution in [0.15, 0.2) is 42.5 Å². The van der Waals surface area contributed by atoms with Crippen LogP contribution in [-0.2, 0) is 0 Å². The molecular formula is C33H33FN6O2. The number of nitrogens with one attached hydrogen (secondary N) is 1. The molecule has 6 heterocycles. The number of phenols is 1. The van der Waals surface area contributed by atoms with Crippen LogP contribution in [0.1, 0.15) is 37.7 Å². The average molecular weight is 565 g/mol. The number of ether oxygens (including phenoxy) is 1. The lowest BCUT2D eigenvalue weighted by molar-refractivity contribution is 0.107. The van der Waals surface area contributed by atoms with Crippen LogP contribution >= 0.6 is 0 Å². The Balaban J connectivity index is 1.23. The Labute approximate surface area is 243 Å². The summed E-state index contributed by atoms with van der Waals surface area (Å²) in [5.41, 5.74) is 2.34. The van der Waals surface area contributed by atoms with Crippen LogP contribution in [0.5, 0.6) is 11.8 Å². The minimum atomic E-state index is -0.826. The van der Waals surface area contributed by atoms with E-state index in [4.69, 9.17) is 26.1 Å². The molecule has 2 N–H and O–H groups in total. The van der Waals surface area contributed by atoms with E-state index in [1.165, 1.54) is 0 Å². The highest BCUT2D eigenvalue weighted by molar-refractivity contribution is 6.02. The number of rotatable bonds is 5. The van der Waals surface area contributed by atoms with Gasteiger partial charge in [-0.15, -0.1) is 6.42 Å². The van der Waals surface area contributed by atoms with Gasteiger partial charge in [-0.2, -0.15) is 9.97 Å². The fourth-order valence-corrected chi connectivity index (χ4v) is 7.78. The second-order valence-corrected chi connectivity index (χ2v) is 12.3. The van der Waals surface area contributed by atoms with Crippen molar-refractivity contribution in [2.75, 3.05) is 37.7 Å². The zero-order chi connectivity index (χ0) is 28.4. The molecule has 0 spiro atoms. The van der Waals surface area contributed by atoms with Crippen LogP contribution in [0, 0.1) is 12.3 Å². The van der Waals surface area contributed by atoms with Gasteiger partial charge in [0.25, 0.3) is 0 Å². The zero-order valence-electron chi connectivity index (χ0n) is 23.4. The number of phenolic OH excluding ortho intramolecular Hbond substituents is 1. The number of nitrogens with zero attached hydrogens (tertiary/aromatic N) is 5. The van der Waals surface area contributed by atoms with E-state index in [-0.39, 0.29) is 17.3 Å². The molecule has 0 radical (unpaired) electrons. The molecule has 214 valence electrons. The molecule has 0 saturated carbocycles. The maximum atomic E-state index is 14.4. The Morgan fingerprint density at radius 2 is 1.95 bits per heavy atom. The normalized spacial score (nSPS) is 27.0. The SMILES string of the molecule is C#Cc1cccc2cc(O)cc(-c3ccc4c(N5CC6CCC(C5)N6)nc(OCC56CCCN5C[C@H](F)C6)nc4n3)c12. The van der Waals surface area contributed by atoms with Crippen LogP contribution in [0.2, 0.25) is 0 Å². The number of alkyl halides is 1. The summed E-state index contributed by atoms with van der Waals surface area (Å²) in [6, 6.07) is 14.2. The van der Waals surface area contributed by atoms with Crippen molar-refractivity contribution < 1.29 is 14.2 Å². The van der Waals surface area contributed by atoms with E-state index >= 15 is 0 Å². The third kappa shape index (κ3) is 4.24.